The molecule has 108 valence electrons. The van der Waals surface area contributed by atoms with E-state index < -0.39 is 0 Å². The number of benzene rings is 1. The van der Waals surface area contributed by atoms with Crippen LogP contribution < -0.4 is 4.74 Å². The van der Waals surface area contributed by atoms with Gasteiger partial charge in [0.15, 0.2) is 0 Å². The topological polar surface area (TPSA) is 46.6 Å². The zero-order chi connectivity index (χ0) is 14.4. The molecule has 0 radical (unpaired) electrons. The van der Waals surface area contributed by atoms with Gasteiger partial charge in [0.2, 0.25) is 11.8 Å². The molecule has 0 saturated carbocycles. The molecule has 1 saturated heterocycles. The number of aryl methyl sites for hydroxylation is 1. The molecule has 0 spiro atoms. The van der Waals surface area contributed by atoms with Gasteiger partial charge < -0.3 is 4.74 Å². The van der Waals surface area contributed by atoms with Gasteiger partial charge in [0, 0.05) is 19.4 Å². The van der Waals surface area contributed by atoms with Crippen LogP contribution in [0.1, 0.15) is 37.7 Å². The number of likely N-dealkylation sites (tertiary alicyclic amines) is 1. The van der Waals surface area contributed by atoms with E-state index in [9.17, 15) is 9.59 Å². The van der Waals surface area contributed by atoms with Crippen molar-refractivity contribution in [2.75, 3.05) is 13.7 Å². The molecule has 4 heteroatoms. The van der Waals surface area contributed by atoms with Crippen LogP contribution in [0.2, 0.25) is 0 Å². The third-order valence-electron chi connectivity index (χ3n) is 3.66. The minimum Gasteiger partial charge on any atom is -0.497 e. The van der Waals surface area contributed by atoms with Gasteiger partial charge >= 0.3 is 0 Å². The van der Waals surface area contributed by atoms with Gasteiger partial charge in [-0.25, -0.2) is 0 Å². The van der Waals surface area contributed by atoms with Crippen molar-refractivity contribution < 1.29 is 14.3 Å². The lowest BCUT2D eigenvalue weighted by Gasteiger charge is -2.13. The molecular weight excluding hydrogens is 254 g/mol. The molecule has 1 heterocycles. The van der Waals surface area contributed by atoms with E-state index in [1.165, 1.54) is 10.5 Å². The van der Waals surface area contributed by atoms with Crippen molar-refractivity contribution in [2.45, 2.75) is 38.5 Å². The molecule has 20 heavy (non-hydrogen) atoms. The van der Waals surface area contributed by atoms with Crippen molar-refractivity contribution >= 4 is 11.8 Å². The number of ether oxygens (including phenoxy) is 1. The van der Waals surface area contributed by atoms with Crippen molar-refractivity contribution in [1.29, 1.82) is 0 Å². The zero-order valence-electron chi connectivity index (χ0n) is 11.9. The van der Waals surface area contributed by atoms with Crippen molar-refractivity contribution in [3.8, 4) is 5.75 Å². The standard InChI is InChI=1S/C16H21NO3/c1-20-14-8-6-13(7-9-14)5-3-2-4-12-17-15(18)10-11-16(17)19/h6-9H,2-5,10-12H2,1H3. The van der Waals surface area contributed by atoms with E-state index in [0.717, 1.165) is 31.4 Å². The third-order valence-corrected chi connectivity index (χ3v) is 3.66. The molecule has 1 aliphatic rings. The second-order valence-corrected chi connectivity index (χ2v) is 5.10. The first-order valence-corrected chi connectivity index (χ1v) is 7.17. The molecule has 1 aliphatic heterocycles. The fourth-order valence-corrected chi connectivity index (χ4v) is 2.44. The Morgan fingerprint density at radius 3 is 2.25 bits per heavy atom. The first-order valence-electron chi connectivity index (χ1n) is 7.17. The lowest BCUT2D eigenvalue weighted by molar-refractivity contribution is -0.138. The summed E-state index contributed by atoms with van der Waals surface area (Å²) in [4.78, 5) is 24.3. The summed E-state index contributed by atoms with van der Waals surface area (Å²) >= 11 is 0. The number of carbonyl (C=O) groups excluding carboxylic acids is 2. The number of hydrogen-bond donors (Lipinski definition) is 0. The summed E-state index contributed by atoms with van der Waals surface area (Å²) in [7, 11) is 1.66. The molecule has 0 N–H and O–H groups in total. The van der Waals surface area contributed by atoms with Crippen LogP contribution >= 0.6 is 0 Å². The SMILES string of the molecule is COc1ccc(CCCCCN2C(=O)CCC2=O)cc1. The van der Waals surface area contributed by atoms with E-state index in [2.05, 4.69) is 12.1 Å². The molecular formula is C16H21NO3. The average Bonchev–Trinajstić information content (AvgIpc) is 2.79. The quantitative estimate of drug-likeness (QED) is 0.567. The molecule has 1 aromatic carbocycles. The Bertz CT molecular complexity index is 451. The summed E-state index contributed by atoms with van der Waals surface area (Å²) in [6.07, 6.45) is 4.81. The lowest BCUT2D eigenvalue weighted by atomic mass is 10.1. The molecule has 0 aromatic heterocycles. The monoisotopic (exact) mass is 275 g/mol. The average molecular weight is 275 g/mol. The number of amides is 2. The van der Waals surface area contributed by atoms with Gasteiger partial charge in [-0.2, -0.15) is 0 Å². The number of rotatable bonds is 7. The van der Waals surface area contributed by atoms with Crippen molar-refractivity contribution in [2.24, 2.45) is 0 Å². The number of carbonyl (C=O) groups is 2. The Hall–Kier alpha value is -1.84. The van der Waals surface area contributed by atoms with Crippen LogP contribution in [0.5, 0.6) is 5.75 Å². The molecule has 0 bridgehead atoms. The summed E-state index contributed by atoms with van der Waals surface area (Å²) < 4.78 is 5.12. The molecule has 0 atom stereocenters. The summed E-state index contributed by atoms with van der Waals surface area (Å²) in [5, 5.41) is 0. The number of unbranched alkanes of at least 4 members (excludes halogenated alkanes) is 2. The van der Waals surface area contributed by atoms with Gasteiger partial charge in [0.1, 0.15) is 5.75 Å². The minimum absolute atomic E-state index is 0.00912. The molecule has 0 aliphatic carbocycles. The van der Waals surface area contributed by atoms with E-state index in [4.69, 9.17) is 4.74 Å². The van der Waals surface area contributed by atoms with Gasteiger partial charge in [-0.3, -0.25) is 14.5 Å². The van der Waals surface area contributed by atoms with Crippen molar-refractivity contribution in [1.82, 2.24) is 4.90 Å². The van der Waals surface area contributed by atoms with Crippen LogP contribution in [0.15, 0.2) is 24.3 Å². The summed E-state index contributed by atoms with van der Waals surface area (Å²) in [5.74, 6) is 0.857. The second kappa shape index (κ2) is 7.08. The van der Waals surface area contributed by atoms with Crippen LogP contribution in [-0.2, 0) is 16.0 Å². The van der Waals surface area contributed by atoms with E-state index in [0.29, 0.717) is 19.4 Å². The van der Waals surface area contributed by atoms with Crippen molar-refractivity contribution in [3.63, 3.8) is 0 Å². The second-order valence-electron chi connectivity index (χ2n) is 5.10. The molecule has 2 amide bonds. The van der Waals surface area contributed by atoms with Gasteiger partial charge in [-0.1, -0.05) is 18.6 Å². The summed E-state index contributed by atoms with van der Waals surface area (Å²) in [6, 6.07) is 8.09. The minimum atomic E-state index is -0.00912. The number of methoxy groups -OCH3 is 1. The van der Waals surface area contributed by atoms with E-state index in [1.54, 1.807) is 7.11 Å². The maximum Gasteiger partial charge on any atom is 0.229 e. The van der Waals surface area contributed by atoms with Gasteiger partial charge in [-0.05, 0) is 37.0 Å². The predicted octanol–water partition coefficient (Wildman–Crippen LogP) is 2.56. The fraction of sp³-hybridized carbons (Fsp3) is 0.500. The van der Waals surface area contributed by atoms with E-state index in [-0.39, 0.29) is 11.8 Å². The van der Waals surface area contributed by atoms with Crippen LogP contribution in [0.3, 0.4) is 0 Å². The summed E-state index contributed by atoms with van der Waals surface area (Å²) in [5.41, 5.74) is 1.29. The Labute approximate surface area is 119 Å². The first kappa shape index (κ1) is 14.6. The Morgan fingerprint density at radius 2 is 1.65 bits per heavy atom. The smallest absolute Gasteiger partial charge is 0.229 e. The molecule has 4 nitrogen and oxygen atoms in total. The zero-order valence-corrected chi connectivity index (χ0v) is 11.9. The molecule has 0 unspecified atom stereocenters. The highest BCUT2D eigenvalue weighted by atomic mass is 16.5. The van der Waals surface area contributed by atoms with E-state index >= 15 is 0 Å². The maximum atomic E-state index is 11.4. The van der Waals surface area contributed by atoms with Crippen molar-refractivity contribution in [3.05, 3.63) is 29.8 Å². The number of nitrogens with zero attached hydrogens (tertiary/aromatic N) is 1. The normalized spacial score (nSPS) is 14.9. The van der Waals surface area contributed by atoms with Crippen LogP contribution in [-0.4, -0.2) is 30.4 Å². The Kier molecular flexibility index (Phi) is 5.16. The van der Waals surface area contributed by atoms with Crippen LogP contribution in [0.25, 0.3) is 0 Å². The first-order chi connectivity index (χ1) is 9.70. The highest BCUT2D eigenvalue weighted by molar-refractivity contribution is 6.01. The van der Waals surface area contributed by atoms with Gasteiger partial charge in [-0.15, -0.1) is 0 Å². The highest BCUT2D eigenvalue weighted by Gasteiger charge is 2.27. The highest BCUT2D eigenvalue weighted by Crippen LogP contribution is 2.15. The third kappa shape index (κ3) is 3.83. The maximum absolute atomic E-state index is 11.4. The lowest BCUT2D eigenvalue weighted by Crippen LogP contribution is -2.29. The fourth-order valence-electron chi connectivity index (χ4n) is 2.44. The van der Waals surface area contributed by atoms with Crippen LogP contribution in [0.4, 0.5) is 0 Å². The number of hydrogen-bond acceptors (Lipinski definition) is 3. The molecule has 1 aromatic rings. The largest absolute Gasteiger partial charge is 0.497 e. The predicted molar refractivity (Wildman–Crippen MR) is 76.5 cm³/mol. The summed E-state index contributed by atoms with van der Waals surface area (Å²) in [6.45, 7) is 0.584. The van der Waals surface area contributed by atoms with Gasteiger partial charge in [0.25, 0.3) is 0 Å². The molecule has 1 fully saturated rings. The number of imide groups is 1. The van der Waals surface area contributed by atoms with E-state index in [1.807, 2.05) is 12.1 Å². The Balaban J connectivity index is 1.63. The molecule has 2 rings (SSSR count). The van der Waals surface area contributed by atoms with Crippen LogP contribution in [0, 0.1) is 0 Å². The van der Waals surface area contributed by atoms with Gasteiger partial charge in [0.05, 0.1) is 7.11 Å². The Morgan fingerprint density at radius 1 is 1.00 bits per heavy atom.